The Labute approximate surface area is 168 Å². The van der Waals surface area contributed by atoms with Crippen LogP contribution >= 0.6 is 0 Å². The molecule has 1 N–H and O–H groups in total. The molecule has 2 aromatic heterocycles. The van der Waals surface area contributed by atoms with Crippen LogP contribution in [0.25, 0.3) is 5.69 Å². The van der Waals surface area contributed by atoms with Crippen molar-refractivity contribution in [1.29, 1.82) is 0 Å². The highest BCUT2D eigenvalue weighted by Gasteiger charge is 2.30. The fourth-order valence-electron chi connectivity index (χ4n) is 4.03. The number of phenolic OH excluding ortho intramolecular Hbond substituents is 1. The summed E-state index contributed by atoms with van der Waals surface area (Å²) in [4.78, 5) is 27.2. The lowest BCUT2D eigenvalue weighted by molar-refractivity contribution is 0.0700. The molecule has 8 heteroatoms. The van der Waals surface area contributed by atoms with Crippen molar-refractivity contribution < 1.29 is 9.90 Å². The van der Waals surface area contributed by atoms with Crippen LogP contribution in [0.4, 0.5) is 0 Å². The van der Waals surface area contributed by atoms with E-state index in [1.807, 2.05) is 36.0 Å². The minimum atomic E-state index is -0.206. The predicted molar refractivity (Wildman–Crippen MR) is 108 cm³/mol. The smallest absolute Gasteiger partial charge is 0.345 e. The van der Waals surface area contributed by atoms with Crippen LogP contribution in [-0.4, -0.2) is 47.9 Å². The second kappa shape index (κ2) is 7.62. The molecule has 3 heterocycles. The Morgan fingerprint density at radius 1 is 1.28 bits per heavy atom. The molecule has 29 heavy (non-hydrogen) atoms. The summed E-state index contributed by atoms with van der Waals surface area (Å²) < 4.78 is 4.91. The number of amides is 1. The third-order valence-electron chi connectivity index (χ3n) is 5.54. The Morgan fingerprint density at radius 3 is 2.76 bits per heavy atom. The van der Waals surface area contributed by atoms with Crippen molar-refractivity contribution >= 4 is 5.91 Å². The van der Waals surface area contributed by atoms with E-state index in [9.17, 15) is 14.7 Å². The number of carbonyl (C=O) groups excluding carboxylic acids is 1. The third-order valence-corrected chi connectivity index (χ3v) is 5.54. The fourth-order valence-corrected chi connectivity index (χ4v) is 4.03. The maximum atomic E-state index is 13.2. The number of likely N-dealkylation sites (tertiary alicyclic amines) is 1. The molecule has 1 atom stereocenters. The van der Waals surface area contributed by atoms with E-state index in [4.69, 9.17) is 0 Å². The number of rotatable bonds is 4. The summed E-state index contributed by atoms with van der Waals surface area (Å²) in [6.07, 6.45) is 5.48. The van der Waals surface area contributed by atoms with Crippen LogP contribution < -0.4 is 5.69 Å². The standard InChI is InChI=1S/C21H25N5O3/c1-3-26-19(22-23(2)21(26)29)15-7-6-12-25(14-15)20(28)17-13-16(8-9-18(17)27)24-10-4-5-11-24/h4-5,8-11,13,15,27H,3,6-7,12,14H2,1-2H3/t15-/m0/s1. The summed E-state index contributed by atoms with van der Waals surface area (Å²) in [6, 6.07) is 8.86. The van der Waals surface area contributed by atoms with Crippen molar-refractivity contribution in [2.45, 2.75) is 32.2 Å². The van der Waals surface area contributed by atoms with Gasteiger partial charge in [-0.05, 0) is 50.1 Å². The van der Waals surface area contributed by atoms with Crippen molar-refractivity contribution in [3.05, 3.63) is 64.6 Å². The normalized spacial score (nSPS) is 16.9. The van der Waals surface area contributed by atoms with Crippen LogP contribution in [0.1, 0.15) is 41.9 Å². The molecule has 1 fully saturated rings. The molecular weight excluding hydrogens is 370 g/mol. The maximum absolute atomic E-state index is 13.2. The van der Waals surface area contributed by atoms with Crippen LogP contribution in [0, 0.1) is 0 Å². The Balaban J connectivity index is 1.61. The van der Waals surface area contributed by atoms with Crippen molar-refractivity contribution in [2.24, 2.45) is 7.05 Å². The van der Waals surface area contributed by atoms with Crippen molar-refractivity contribution in [3.63, 3.8) is 0 Å². The molecule has 1 amide bonds. The van der Waals surface area contributed by atoms with E-state index >= 15 is 0 Å². The van der Waals surface area contributed by atoms with Gasteiger partial charge in [0.25, 0.3) is 5.91 Å². The molecule has 152 valence electrons. The number of carbonyl (C=O) groups is 1. The number of aryl methyl sites for hydroxylation is 1. The molecule has 0 unspecified atom stereocenters. The van der Waals surface area contributed by atoms with Gasteiger partial charge in [-0.1, -0.05) is 0 Å². The van der Waals surface area contributed by atoms with Gasteiger partial charge in [0.15, 0.2) is 0 Å². The van der Waals surface area contributed by atoms with Crippen LogP contribution in [0.15, 0.2) is 47.5 Å². The Bertz CT molecular complexity index is 1080. The van der Waals surface area contributed by atoms with Crippen LogP contribution in [0.3, 0.4) is 0 Å². The highest BCUT2D eigenvalue weighted by Crippen LogP contribution is 2.29. The topological polar surface area (TPSA) is 85.3 Å². The molecule has 0 aliphatic carbocycles. The van der Waals surface area contributed by atoms with Crippen molar-refractivity contribution in [3.8, 4) is 11.4 Å². The lowest BCUT2D eigenvalue weighted by atomic mass is 9.96. The zero-order valence-corrected chi connectivity index (χ0v) is 16.7. The van der Waals surface area contributed by atoms with Crippen LogP contribution in [0.5, 0.6) is 5.75 Å². The number of benzene rings is 1. The SMILES string of the molecule is CCn1c([C@H]2CCCN(C(=O)c3cc(-n4cccc4)ccc3O)C2)nn(C)c1=O. The summed E-state index contributed by atoms with van der Waals surface area (Å²) in [7, 11) is 1.65. The Morgan fingerprint density at radius 2 is 2.03 bits per heavy atom. The number of nitrogens with zero attached hydrogens (tertiary/aromatic N) is 5. The average Bonchev–Trinajstić information content (AvgIpc) is 3.37. The predicted octanol–water partition coefficient (Wildman–Crippen LogP) is 2.12. The number of aromatic nitrogens is 4. The Hall–Kier alpha value is -3.29. The van der Waals surface area contributed by atoms with E-state index in [-0.39, 0.29) is 28.8 Å². The molecule has 8 nitrogen and oxygen atoms in total. The summed E-state index contributed by atoms with van der Waals surface area (Å²) in [5.74, 6) is 0.484. The van der Waals surface area contributed by atoms with Gasteiger partial charge in [0.2, 0.25) is 0 Å². The van der Waals surface area contributed by atoms with Gasteiger partial charge in [-0.15, -0.1) is 0 Å². The van der Waals surface area contributed by atoms with E-state index in [0.717, 1.165) is 24.4 Å². The summed E-state index contributed by atoms with van der Waals surface area (Å²) >= 11 is 0. The lowest BCUT2D eigenvalue weighted by Crippen LogP contribution is -2.40. The van der Waals surface area contributed by atoms with E-state index in [1.54, 1.807) is 34.7 Å². The molecule has 0 saturated carbocycles. The van der Waals surface area contributed by atoms with Gasteiger partial charge in [0, 0.05) is 50.7 Å². The summed E-state index contributed by atoms with van der Waals surface area (Å²) in [6.45, 7) is 3.56. The van der Waals surface area contributed by atoms with Crippen molar-refractivity contribution in [2.75, 3.05) is 13.1 Å². The highest BCUT2D eigenvalue weighted by atomic mass is 16.3. The first-order valence-corrected chi connectivity index (χ1v) is 9.89. The van der Waals surface area contributed by atoms with Crippen LogP contribution in [0.2, 0.25) is 0 Å². The first-order valence-electron chi connectivity index (χ1n) is 9.89. The van der Waals surface area contributed by atoms with E-state index < -0.39 is 0 Å². The number of hydrogen-bond donors (Lipinski definition) is 1. The number of phenols is 1. The van der Waals surface area contributed by atoms with Gasteiger partial charge >= 0.3 is 5.69 Å². The lowest BCUT2D eigenvalue weighted by Gasteiger charge is -2.32. The molecule has 1 saturated heterocycles. The molecule has 0 radical (unpaired) electrons. The molecule has 0 bridgehead atoms. The van der Waals surface area contributed by atoms with Gasteiger partial charge in [0.05, 0.1) is 5.56 Å². The van der Waals surface area contributed by atoms with Crippen LogP contribution in [-0.2, 0) is 13.6 Å². The number of piperidine rings is 1. The minimum absolute atomic E-state index is 0.00340. The van der Waals surface area contributed by atoms with Gasteiger partial charge in [0.1, 0.15) is 11.6 Å². The highest BCUT2D eigenvalue weighted by molar-refractivity contribution is 5.97. The largest absolute Gasteiger partial charge is 0.507 e. The third kappa shape index (κ3) is 3.46. The molecule has 4 rings (SSSR count). The molecule has 1 aromatic carbocycles. The second-order valence-electron chi connectivity index (χ2n) is 7.39. The zero-order valence-electron chi connectivity index (χ0n) is 16.7. The number of hydrogen-bond acceptors (Lipinski definition) is 4. The molecule has 0 spiro atoms. The fraction of sp³-hybridized carbons (Fsp3) is 0.381. The van der Waals surface area contributed by atoms with E-state index in [2.05, 4.69) is 5.10 Å². The number of aromatic hydroxyl groups is 1. The minimum Gasteiger partial charge on any atom is -0.507 e. The molecule has 1 aliphatic rings. The monoisotopic (exact) mass is 395 g/mol. The van der Waals surface area contributed by atoms with E-state index in [1.165, 1.54) is 4.68 Å². The first-order chi connectivity index (χ1) is 14.0. The first kappa shape index (κ1) is 19.0. The molecule has 1 aliphatic heterocycles. The quantitative estimate of drug-likeness (QED) is 0.733. The summed E-state index contributed by atoms with van der Waals surface area (Å²) in [5, 5.41) is 14.7. The van der Waals surface area contributed by atoms with Gasteiger partial charge < -0.3 is 14.6 Å². The molecular formula is C21H25N5O3. The second-order valence-corrected chi connectivity index (χ2v) is 7.39. The zero-order chi connectivity index (χ0) is 20.5. The van der Waals surface area contributed by atoms with E-state index in [0.29, 0.717) is 19.6 Å². The Kier molecular flexibility index (Phi) is 5.00. The van der Waals surface area contributed by atoms with Crippen molar-refractivity contribution in [1.82, 2.24) is 23.8 Å². The molecule has 3 aromatic rings. The average molecular weight is 395 g/mol. The summed E-state index contributed by atoms with van der Waals surface area (Å²) in [5.41, 5.74) is 0.961. The van der Waals surface area contributed by atoms with Gasteiger partial charge in [-0.25, -0.2) is 9.48 Å². The van der Waals surface area contributed by atoms with Gasteiger partial charge in [-0.3, -0.25) is 9.36 Å². The van der Waals surface area contributed by atoms with Gasteiger partial charge in [-0.2, -0.15) is 5.10 Å². The maximum Gasteiger partial charge on any atom is 0.345 e.